The number of benzene rings is 1. The minimum atomic E-state index is -3.37. The molecule has 8 heteroatoms. The molecule has 0 aromatic heterocycles. The molecule has 1 aliphatic carbocycles. The van der Waals surface area contributed by atoms with E-state index in [1.54, 1.807) is 4.90 Å². The van der Waals surface area contributed by atoms with E-state index < -0.39 is 27.3 Å². The van der Waals surface area contributed by atoms with Gasteiger partial charge in [-0.2, -0.15) is 0 Å². The molecule has 7 nitrogen and oxygen atoms in total. The average Bonchev–Trinajstić information content (AvgIpc) is 2.77. The van der Waals surface area contributed by atoms with Crippen molar-refractivity contribution in [2.24, 2.45) is 0 Å². The summed E-state index contributed by atoms with van der Waals surface area (Å²) in [7, 11) is -3.37. The first-order valence-corrected chi connectivity index (χ1v) is 14.4. The van der Waals surface area contributed by atoms with Crippen LogP contribution in [0.5, 0.6) is 0 Å². The summed E-state index contributed by atoms with van der Waals surface area (Å²) in [5.41, 5.74) is 0.0857. The number of likely N-dealkylation sites (tertiary alicyclic amines) is 1. The van der Waals surface area contributed by atoms with Gasteiger partial charge in [0.25, 0.3) is 0 Å². The molecule has 1 amide bonds. The van der Waals surface area contributed by atoms with E-state index in [0.717, 1.165) is 32.1 Å². The minimum Gasteiger partial charge on any atom is -0.444 e. The highest BCUT2D eigenvalue weighted by molar-refractivity contribution is 7.89. The third-order valence-corrected chi connectivity index (χ3v) is 9.04. The SMILES string of the molecule is CC(C)(C)OC(=O)N1CCC[C@@]2(CCCS(=O)(=O)N2)[C@@H]1COC1CCC(c2ccccc2)CC1. The molecule has 2 saturated heterocycles. The van der Waals surface area contributed by atoms with Crippen LogP contribution in [0.2, 0.25) is 0 Å². The summed E-state index contributed by atoms with van der Waals surface area (Å²) >= 11 is 0. The third kappa shape index (κ3) is 6.13. The van der Waals surface area contributed by atoms with E-state index in [2.05, 4.69) is 29.0 Å². The Labute approximate surface area is 204 Å². The summed E-state index contributed by atoms with van der Waals surface area (Å²) in [6.07, 6.45) is 6.57. The van der Waals surface area contributed by atoms with Gasteiger partial charge in [0.15, 0.2) is 0 Å². The average molecular weight is 493 g/mol. The molecule has 3 fully saturated rings. The molecule has 2 aliphatic heterocycles. The van der Waals surface area contributed by atoms with Crippen molar-refractivity contribution in [3.8, 4) is 0 Å². The van der Waals surface area contributed by atoms with Gasteiger partial charge in [-0.3, -0.25) is 0 Å². The zero-order valence-electron chi connectivity index (χ0n) is 20.8. The molecule has 0 bridgehead atoms. The molecule has 2 atom stereocenters. The maximum Gasteiger partial charge on any atom is 0.410 e. The Hall–Kier alpha value is -1.64. The second-order valence-electron chi connectivity index (χ2n) is 11.2. The number of carbonyl (C=O) groups excluding carboxylic acids is 1. The number of hydrogen-bond donors (Lipinski definition) is 1. The molecule has 4 rings (SSSR count). The lowest BCUT2D eigenvalue weighted by molar-refractivity contribution is -0.0588. The summed E-state index contributed by atoms with van der Waals surface area (Å²) in [6.45, 7) is 6.43. The number of nitrogens with one attached hydrogen (secondary N) is 1. The summed E-state index contributed by atoms with van der Waals surface area (Å²) in [5, 5.41) is 0. The second kappa shape index (κ2) is 10.2. The Morgan fingerprint density at radius 1 is 1.09 bits per heavy atom. The van der Waals surface area contributed by atoms with E-state index >= 15 is 0 Å². The summed E-state index contributed by atoms with van der Waals surface area (Å²) in [5.74, 6) is 0.698. The molecule has 2 heterocycles. The number of sulfonamides is 1. The van der Waals surface area contributed by atoms with E-state index in [9.17, 15) is 13.2 Å². The van der Waals surface area contributed by atoms with Crippen molar-refractivity contribution in [1.82, 2.24) is 9.62 Å². The van der Waals surface area contributed by atoms with Crippen LogP contribution in [-0.2, 0) is 19.5 Å². The quantitative estimate of drug-likeness (QED) is 0.665. The molecule has 3 aliphatic rings. The lowest BCUT2D eigenvalue weighted by Crippen LogP contribution is -2.69. The van der Waals surface area contributed by atoms with Gasteiger partial charge in [0.2, 0.25) is 10.0 Å². The van der Waals surface area contributed by atoms with Crippen LogP contribution in [0, 0.1) is 0 Å². The molecule has 0 unspecified atom stereocenters. The van der Waals surface area contributed by atoms with Crippen LogP contribution in [0.25, 0.3) is 0 Å². The molecule has 1 aromatic carbocycles. The minimum absolute atomic E-state index is 0.125. The molecule has 1 saturated carbocycles. The van der Waals surface area contributed by atoms with E-state index in [1.165, 1.54) is 5.56 Å². The predicted octanol–water partition coefficient (Wildman–Crippen LogP) is 4.58. The Balaban J connectivity index is 1.46. The number of carbonyl (C=O) groups is 1. The highest BCUT2D eigenvalue weighted by Gasteiger charge is 2.51. The molecule has 190 valence electrons. The van der Waals surface area contributed by atoms with Crippen LogP contribution in [0.3, 0.4) is 0 Å². The van der Waals surface area contributed by atoms with Crippen molar-refractivity contribution in [3.63, 3.8) is 0 Å². The van der Waals surface area contributed by atoms with Gasteiger partial charge in [0.05, 0.1) is 30.0 Å². The zero-order chi connectivity index (χ0) is 24.4. The maximum atomic E-state index is 13.1. The summed E-state index contributed by atoms with van der Waals surface area (Å²) in [6, 6.07) is 10.3. The van der Waals surface area contributed by atoms with Gasteiger partial charge in [-0.25, -0.2) is 17.9 Å². The largest absolute Gasteiger partial charge is 0.444 e. The van der Waals surface area contributed by atoms with Crippen LogP contribution < -0.4 is 4.72 Å². The normalized spacial score (nSPS) is 31.9. The fourth-order valence-electron chi connectivity index (χ4n) is 5.89. The van der Waals surface area contributed by atoms with Crippen LogP contribution in [-0.4, -0.2) is 61.6 Å². The summed E-state index contributed by atoms with van der Waals surface area (Å²) < 4.78 is 40.2. The zero-order valence-corrected chi connectivity index (χ0v) is 21.6. The van der Waals surface area contributed by atoms with Crippen LogP contribution in [0.4, 0.5) is 4.79 Å². The van der Waals surface area contributed by atoms with E-state index in [-0.39, 0.29) is 17.9 Å². The number of nitrogens with zero attached hydrogens (tertiary/aromatic N) is 1. The first kappa shape index (κ1) is 25.5. The summed E-state index contributed by atoms with van der Waals surface area (Å²) in [4.78, 5) is 14.9. The van der Waals surface area contributed by atoms with Crippen molar-refractivity contribution in [2.45, 2.75) is 101 Å². The Kier molecular flexibility index (Phi) is 7.60. The van der Waals surface area contributed by atoms with E-state index in [1.807, 2.05) is 26.8 Å². The van der Waals surface area contributed by atoms with Crippen molar-refractivity contribution in [1.29, 1.82) is 0 Å². The standard InChI is InChI=1S/C26H40N2O5S/c1-25(2,3)33-24(29)28-17-7-15-26(16-8-18-34(30,31)27-26)23(28)19-32-22-13-11-21(12-14-22)20-9-5-4-6-10-20/h4-6,9-10,21-23,27H,7-8,11-19H2,1-3H3/t21?,22?,23-,26+/m0/s1. The van der Waals surface area contributed by atoms with Gasteiger partial charge in [-0.1, -0.05) is 30.3 Å². The number of hydrogen-bond acceptors (Lipinski definition) is 5. The van der Waals surface area contributed by atoms with Gasteiger partial charge in [0.1, 0.15) is 5.60 Å². The molecular formula is C26H40N2O5S. The predicted molar refractivity (Wildman–Crippen MR) is 132 cm³/mol. The first-order chi connectivity index (χ1) is 16.1. The van der Waals surface area contributed by atoms with Gasteiger partial charge >= 0.3 is 6.09 Å². The number of ether oxygens (including phenoxy) is 2. The fourth-order valence-corrected chi connectivity index (χ4v) is 7.48. The monoisotopic (exact) mass is 492 g/mol. The van der Waals surface area contributed by atoms with Crippen LogP contribution >= 0.6 is 0 Å². The molecule has 34 heavy (non-hydrogen) atoms. The number of rotatable bonds is 4. The molecule has 1 spiro atoms. The van der Waals surface area contributed by atoms with Gasteiger partial charge in [-0.05, 0) is 83.6 Å². The number of piperidine rings is 1. The lowest BCUT2D eigenvalue weighted by Gasteiger charge is -2.51. The Morgan fingerprint density at radius 2 is 1.76 bits per heavy atom. The van der Waals surface area contributed by atoms with Crippen LogP contribution in [0.1, 0.15) is 83.6 Å². The fraction of sp³-hybridized carbons (Fsp3) is 0.731. The maximum absolute atomic E-state index is 13.1. The first-order valence-electron chi connectivity index (χ1n) is 12.7. The van der Waals surface area contributed by atoms with Crippen molar-refractivity contribution >= 4 is 16.1 Å². The lowest BCUT2D eigenvalue weighted by atomic mass is 9.78. The van der Waals surface area contributed by atoms with Gasteiger partial charge in [0, 0.05) is 6.54 Å². The highest BCUT2D eigenvalue weighted by atomic mass is 32.2. The Bertz CT molecular complexity index is 934. The van der Waals surface area contributed by atoms with E-state index in [4.69, 9.17) is 9.47 Å². The Morgan fingerprint density at radius 3 is 2.41 bits per heavy atom. The van der Waals surface area contributed by atoms with Crippen molar-refractivity contribution in [2.75, 3.05) is 18.9 Å². The van der Waals surface area contributed by atoms with Crippen molar-refractivity contribution < 1.29 is 22.7 Å². The van der Waals surface area contributed by atoms with Gasteiger partial charge < -0.3 is 14.4 Å². The van der Waals surface area contributed by atoms with Crippen molar-refractivity contribution in [3.05, 3.63) is 35.9 Å². The second-order valence-corrected chi connectivity index (χ2v) is 13.0. The molecule has 0 radical (unpaired) electrons. The van der Waals surface area contributed by atoms with Gasteiger partial charge in [-0.15, -0.1) is 0 Å². The number of amides is 1. The molecule has 1 N–H and O–H groups in total. The molecule has 1 aromatic rings. The third-order valence-electron chi connectivity index (χ3n) is 7.49. The highest BCUT2D eigenvalue weighted by Crippen LogP contribution is 2.38. The smallest absolute Gasteiger partial charge is 0.410 e. The topological polar surface area (TPSA) is 84.9 Å². The van der Waals surface area contributed by atoms with Crippen LogP contribution in [0.15, 0.2) is 30.3 Å². The molecular weight excluding hydrogens is 452 g/mol. The van der Waals surface area contributed by atoms with E-state index in [0.29, 0.717) is 38.3 Å².